The van der Waals surface area contributed by atoms with Gasteiger partial charge in [0.1, 0.15) is 11.9 Å². The number of nitrogens with zero attached hydrogens (tertiary/aromatic N) is 1. The van der Waals surface area contributed by atoms with Crippen LogP contribution in [0.5, 0.6) is 0 Å². The van der Waals surface area contributed by atoms with Crippen LogP contribution < -0.4 is 5.32 Å². The monoisotopic (exact) mass is 444 g/mol. The minimum atomic E-state index is -0.614. The zero-order valence-corrected chi connectivity index (χ0v) is 18.7. The number of carbonyl (C=O) groups is 2. The number of rotatable bonds is 8. The van der Waals surface area contributed by atoms with Gasteiger partial charge in [-0.15, -0.1) is 0 Å². The Hall–Kier alpha value is -2.40. The van der Waals surface area contributed by atoms with Crippen LogP contribution in [0.25, 0.3) is 0 Å². The molecule has 3 rings (SSSR count). The molecule has 6 heteroatoms. The van der Waals surface area contributed by atoms with Crippen molar-refractivity contribution in [2.24, 2.45) is 0 Å². The molecular weight excluding hydrogens is 415 g/mol. The molecule has 1 aliphatic rings. The Kier molecular flexibility index (Phi) is 8.47. The highest BCUT2D eigenvalue weighted by Crippen LogP contribution is 2.20. The normalized spacial score (nSPS) is 15.3. The number of hydrogen-bond acceptors (Lipinski definition) is 2. The van der Waals surface area contributed by atoms with E-state index < -0.39 is 11.9 Å². The van der Waals surface area contributed by atoms with Crippen molar-refractivity contribution < 1.29 is 14.0 Å². The van der Waals surface area contributed by atoms with Crippen molar-refractivity contribution in [3.63, 3.8) is 0 Å². The van der Waals surface area contributed by atoms with Gasteiger partial charge in [0, 0.05) is 17.6 Å². The summed E-state index contributed by atoms with van der Waals surface area (Å²) in [7, 11) is 0. The second-order valence-electron chi connectivity index (χ2n) is 8.18. The van der Waals surface area contributed by atoms with Crippen molar-refractivity contribution in [3.8, 4) is 0 Å². The zero-order chi connectivity index (χ0) is 22.2. The summed E-state index contributed by atoms with van der Waals surface area (Å²) in [5.41, 5.74) is 1.20. The summed E-state index contributed by atoms with van der Waals surface area (Å²) in [5.74, 6) is -0.821. The van der Waals surface area contributed by atoms with Gasteiger partial charge in [0.25, 0.3) is 0 Å². The number of halogens is 2. The molecule has 0 aromatic heterocycles. The molecule has 0 heterocycles. The molecule has 4 nitrogen and oxygen atoms in total. The molecule has 0 bridgehead atoms. The van der Waals surface area contributed by atoms with Gasteiger partial charge in [-0.05, 0) is 48.6 Å². The van der Waals surface area contributed by atoms with Gasteiger partial charge in [-0.1, -0.05) is 68.1 Å². The van der Waals surface area contributed by atoms with Crippen LogP contribution in [0, 0.1) is 5.82 Å². The third-order valence-corrected chi connectivity index (χ3v) is 6.16. The minimum absolute atomic E-state index is 0.0898. The Bertz CT molecular complexity index is 881. The molecule has 1 fully saturated rings. The van der Waals surface area contributed by atoms with E-state index in [-0.39, 0.29) is 30.8 Å². The molecule has 1 N–H and O–H groups in total. The summed E-state index contributed by atoms with van der Waals surface area (Å²) in [5, 5.41) is 3.75. The number of amides is 2. The lowest BCUT2D eigenvalue weighted by Gasteiger charge is -2.33. The Balaban J connectivity index is 1.81. The van der Waals surface area contributed by atoms with E-state index in [4.69, 9.17) is 11.6 Å². The highest BCUT2D eigenvalue weighted by Gasteiger charge is 2.30. The Morgan fingerprint density at radius 1 is 1.10 bits per heavy atom. The molecule has 1 saturated carbocycles. The van der Waals surface area contributed by atoms with Crippen LogP contribution in [0.4, 0.5) is 4.39 Å². The summed E-state index contributed by atoms with van der Waals surface area (Å²) in [6.07, 6.45) is 5.77. The fraction of sp³-hybridized carbons (Fsp3) is 0.440. The van der Waals surface area contributed by atoms with E-state index in [1.54, 1.807) is 35.2 Å². The first-order valence-electron chi connectivity index (χ1n) is 11.1. The fourth-order valence-corrected chi connectivity index (χ4v) is 4.28. The van der Waals surface area contributed by atoms with Gasteiger partial charge in [-0.25, -0.2) is 4.39 Å². The van der Waals surface area contributed by atoms with Gasteiger partial charge in [0.2, 0.25) is 11.8 Å². The minimum Gasteiger partial charge on any atom is -0.352 e. The van der Waals surface area contributed by atoms with Gasteiger partial charge >= 0.3 is 0 Å². The largest absolute Gasteiger partial charge is 0.352 e. The van der Waals surface area contributed by atoms with Gasteiger partial charge < -0.3 is 10.2 Å². The standard InChI is InChI=1S/C25H30ClFN2O2/c1-2-23(25(31)28-21-9-4-3-5-10-21)29(17-18-12-14-20(26)15-13-18)24(30)16-19-8-6-7-11-22(19)27/h6-8,11-15,21,23H,2-5,9-10,16-17H2,1H3,(H,28,31)/t23-/m1/s1. The van der Waals surface area contributed by atoms with Crippen molar-refractivity contribution in [2.75, 3.05) is 0 Å². The third kappa shape index (κ3) is 6.54. The van der Waals surface area contributed by atoms with Crippen molar-refractivity contribution in [1.29, 1.82) is 0 Å². The van der Waals surface area contributed by atoms with Crippen molar-refractivity contribution in [3.05, 3.63) is 70.5 Å². The molecule has 0 spiro atoms. The van der Waals surface area contributed by atoms with Crippen molar-refractivity contribution >= 4 is 23.4 Å². The fourth-order valence-electron chi connectivity index (χ4n) is 4.16. The quantitative estimate of drug-likeness (QED) is 0.602. The van der Waals surface area contributed by atoms with Crippen LogP contribution >= 0.6 is 11.6 Å². The maximum absolute atomic E-state index is 14.2. The first-order valence-corrected chi connectivity index (χ1v) is 11.4. The predicted molar refractivity (Wildman–Crippen MR) is 121 cm³/mol. The molecule has 0 unspecified atom stereocenters. The lowest BCUT2D eigenvalue weighted by molar-refractivity contribution is -0.141. The number of nitrogens with one attached hydrogen (secondary N) is 1. The second-order valence-corrected chi connectivity index (χ2v) is 8.62. The highest BCUT2D eigenvalue weighted by atomic mass is 35.5. The van der Waals surface area contributed by atoms with Gasteiger partial charge in [-0.2, -0.15) is 0 Å². The molecular formula is C25H30ClFN2O2. The smallest absolute Gasteiger partial charge is 0.243 e. The Morgan fingerprint density at radius 3 is 2.42 bits per heavy atom. The SMILES string of the molecule is CC[C@H](C(=O)NC1CCCCC1)N(Cc1ccc(Cl)cc1)C(=O)Cc1ccccc1F. The van der Waals surface area contributed by atoms with Crippen LogP contribution in [0.2, 0.25) is 5.02 Å². The van der Waals surface area contributed by atoms with E-state index in [0.717, 1.165) is 31.2 Å². The number of carbonyl (C=O) groups excluding carboxylic acids is 2. The third-order valence-electron chi connectivity index (χ3n) is 5.90. The van der Waals surface area contributed by atoms with E-state index in [9.17, 15) is 14.0 Å². The van der Waals surface area contributed by atoms with Crippen molar-refractivity contribution in [1.82, 2.24) is 10.2 Å². The molecule has 31 heavy (non-hydrogen) atoms. The summed E-state index contributed by atoms with van der Waals surface area (Å²) in [6.45, 7) is 2.16. The average molecular weight is 445 g/mol. The summed E-state index contributed by atoms with van der Waals surface area (Å²) in [4.78, 5) is 28.0. The van der Waals surface area contributed by atoms with Gasteiger partial charge in [0.15, 0.2) is 0 Å². The summed E-state index contributed by atoms with van der Waals surface area (Å²) >= 11 is 6.00. The molecule has 2 aromatic rings. The highest BCUT2D eigenvalue weighted by molar-refractivity contribution is 6.30. The first-order chi connectivity index (χ1) is 15.0. The number of benzene rings is 2. The molecule has 0 radical (unpaired) electrons. The van der Waals surface area contributed by atoms with Crippen molar-refractivity contribution in [2.45, 2.75) is 70.5 Å². The molecule has 0 saturated heterocycles. The van der Waals surface area contributed by atoms with Crippen LogP contribution in [0.3, 0.4) is 0 Å². The van der Waals surface area contributed by atoms with E-state index >= 15 is 0 Å². The average Bonchev–Trinajstić information content (AvgIpc) is 2.77. The van der Waals surface area contributed by atoms with Crippen LogP contribution in [0.1, 0.15) is 56.6 Å². The molecule has 1 atom stereocenters. The van der Waals surface area contributed by atoms with Crippen LogP contribution in [-0.4, -0.2) is 28.8 Å². The maximum Gasteiger partial charge on any atom is 0.243 e. The molecule has 1 aliphatic carbocycles. The zero-order valence-electron chi connectivity index (χ0n) is 17.9. The Labute approximate surface area is 188 Å². The summed E-state index contributed by atoms with van der Waals surface area (Å²) in [6, 6.07) is 13.0. The molecule has 2 amide bonds. The molecule has 0 aliphatic heterocycles. The van der Waals surface area contributed by atoms with Gasteiger partial charge in [-0.3, -0.25) is 9.59 Å². The predicted octanol–water partition coefficient (Wildman–Crippen LogP) is 5.28. The topological polar surface area (TPSA) is 49.4 Å². The Morgan fingerprint density at radius 2 is 1.77 bits per heavy atom. The second kappa shape index (κ2) is 11.3. The van der Waals surface area contributed by atoms with E-state index in [0.29, 0.717) is 17.0 Å². The van der Waals surface area contributed by atoms with E-state index in [1.807, 2.05) is 19.1 Å². The van der Waals surface area contributed by atoms with Crippen LogP contribution in [-0.2, 0) is 22.6 Å². The van der Waals surface area contributed by atoms with Gasteiger partial charge in [0.05, 0.1) is 6.42 Å². The molecule has 166 valence electrons. The van der Waals surface area contributed by atoms with Crippen LogP contribution in [0.15, 0.2) is 48.5 Å². The first kappa shape index (κ1) is 23.3. The van der Waals surface area contributed by atoms with E-state index in [2.05, 4.69) is 5.32 Å². The molecule has 2 aromatic carbocycles. The number of hydrogen-bond donors (Lipinski definition) is 1. The lowest BCUT2D eigenvalue weighted by Crippen LogP contribution is -2.52. The maximum atomic E-state index is 14.2. The lowest BCUT2D eigenvalue weighted by atomic mass is 9.95. The summed E-state index contributed by atoms with van der Waals surface area (Å²) < 4.78 is 14.2. The van der Waals surface area contributed by atoms with E-state index in [1.165, 1.54) is 12.5 Å².